The second-order valence-electron chi connectivity index (χ2n) is 4.19. The Balaban J connectivity index is 2.70. The van der Waals surface area contributed by atoms with Gasteiger partial charge in [0.2, 0.25) is 0 Å². The van der Waals surface area contributed by atoms with E-state index < -0.39 is 0 Å². The van der Waals surface area contributed by atoms with Crippen molar-refractivity contribution in [2.45, 2.75) is 12.5 Å². The lowest BCUT2D eigenvalue weighted by Crippen LogP contribution is -2.37. The molecule has 0 aliphatic heterocycles. The Hall–Kier alpha value is -0.0900. The van der Waals surface area contributed by atoms with E-state index in [0.29, 0.717) is 6.04 Å². The van der Waals surface area contributed by atoms with Crippen LogP contribution in [0.3, 0.4) is 0 Å². The number of likely N-dealkylation sites (N-methyl/N-ethyl adjacent to an activating group) is 2. The van der Waals surface area contributed by atoms with Gasteiger partial charge < -0.3 is 10.2 Å². The first-order valence-corrected chi connectivity index (χ1v) is 6.46. The van der Waals surface area contributed by atoms with Crippen molar-refractivity contribution in [2.24, 2.45) is 0 Å². The third-order valence-electron chi connectivity index (χ3n) is 2.48. The van der Waals surface area contributed by atoms with Crippen LogP contribution in [0.4, 0.5) is 0 Å². The average Bonchev–Trinajstić information content (AvgIpc) is 2.20. The quantitative estimate of drug-likeness (QED) is 0.900. The van der Waals surface area contributed by atoms with Crippen molar-refractivity contribution < 1.29 is 0 Å². The van der Waals surface area contributed by atoms with E-state index in [1.165, 1.54) is 5.56 Å². The molecule has 1 atom stereocenters. The van der Waals surface area contributed by atoms with Gasteiger partial charge in [-0.25, -0.2) is 0 Å². The number of hydrogen-bond acceptors (Lipinski definition) is 2. The van der Waals surface area contributed by atoms with E-state index in [2.05, 4.69) is 46.3 Å². The number of nitrogens with one attached hydrogen (secondary N) is 1. The number of benzene rings is 1. The van der Waals surface area contributed by atoms with E-state index in [1.54, 1.807) is 0 Å². The van der Waals surface area contributed by atoms with Gasteiger partial charge in [-0.05, 0) is 45.3 Å². The third kappa shape index (κ3) is 4.42. The molecule has 90 valence electrons. The molecular weight excluding hydrogens is 288 g/mol. The lowest BCUT2D eigenvalue weighted by molar-refractivity contribution is 0.346. The topological polar surface area (TPSA) is 15.3 Å². The summed E-state index contributed by atoms with van der Waals surface area (Å²) in [6, 6.07) is 6.48. The van der Waals surface area contributed by atoms with Crippen LogP contribution in [0.15, 0.2) is 22.7 Å². The van der Waals surface area contributed by atoms with Gasteiger partial charge in [0.25, 0.3) is 0 Å². The van der Waals surface area contributed by atoms with E-state index in [0.717, 1.165) is 22.5 Å². The molecule has 0 aromatic heterocycles. The first-order chi connectivity index (χ1) is 7.52. The Kier molecular flexibility index (Phi) is 5.76. The summed E-state index contributed by atoms with van der Waals surface area (Å²) >= 11 is 9.61. The van der Waals surface area contributed by atoms with Crippen LogP contribution >= 0.6 is 27.5 Å². The molecule has 1 unspecified atom stereocenters. The average molecular weight is 306 g/mol. The van der Waals surface area contributed by atoms with Gasteiger partial charge in [-0.3, -0.25) is 0 Å². The van der Waals surface area contributed by atoms with E-state index in [1.807, 2.05) is 19.2 Å². The van der Waals surface area contributed by atoms with Gasteiger partial charge in [-0.15, -0.1) is 0 Å². The highest BCUT2D eigenvalue weighted by Gasteiger charge is 2.10. The fourth-order valence-electron chi connectivity index (χ4n) is 1.65. The zero-order valence-corrected chi connectivity index (χ0v) is 12.3. The third-order valence-corrected chi connectivity index (χ3v) is 3.32. The summed E-state index contributed by atoms with van der Waals surface area (Å²) in [7, 11) is 6.14. The minimum absolute atomic E-state index is 0.425. The lowest BCUT2D eigenvalue weighted by Gasteiger charge is -2.21. The molecule has 0 aliphatic carbocycles. The molecular formula is C12H18BrClN2. The summed E-state index contributed by atoms with van der Waals surface area (Å²) in [4.78, 5) is 2.17. The van der Waals surface area contributed by atoms with Crippen LogP contribution in [0.1, 0.15) is 5.56 Å². The molecule has 0 heterocycles. The van der Waals surface area contributed by atoms with Gasteiger partial charge in [-0.2, -0.15) is 0 Å². The zero-order chi connectivity index (χ0) is 12.1. The van der Waals surface area contributed by atoms with Crippen molar-refractivity contribution in [1.82, 2.24) is 10.2 Å². The monoisotopic (exact) mass is 304 g/mol. The van der Waals surface area contributed by atoms with E-state index >= 15 is 0 Å². The van der Waals surface area contributed by atoms with Crippen LogP contribution in [0.2, 0.25) is 5.02 Å². The van der Waals surface area contributed by atoms with Crippen LogP contribution < -0.4 is 5.32 Å². The first kappa shape index (κ1) is 14.0. The van der Waals surface area contributed by atoms with Crippen LogP contribution in [-0.4, -0.2) is 38.6 Å². The predicted molar refractivity (Wildman–Crippen MR) is 74.3 cm³/mol. The molecule has 16 heavy (non-hydrogen) atoms. The smallest absolute Gasteiger partial charge is 0.0449 e. The van der Waals surface area contributed by atoms with Crippen molar-refractivity contribution in [3.8, 4) is 0 Å². The van der Waals surface area contributed by atoms with Gasteiger partial charge in [0.1, 0.15) is 0 Å². The Morgan fingerprint density at radius 2 is 2.12 bits per heavy atom. The maximum Gasteiger partial charge on any atom is 0.0449 e. The highest BCUT2D eigenvalue weighted by atomic mass is 79.9. The summed E-state index contributed by atoms with van der Waals surface area (Å²) in [5, 5.41) is 4.14. The minimum Gasteiger partial charge on any atom is -0.315 e. The van der Waals surface area contributed by atoms with Gasteiger partial charge in [0.15, 0.2) is 0 Å². The van der Waals surface area contributed by atoms with Crippen molar-refractivity contribution in [3.63, 3.8) is 0 Å². The molecule has 2 nitrogen and oxygen atoms in total. The number of halogens is 2. The highest BCUT2D eigenvalue weighted by molar-refractivity contribution is 9.10. The minimum atomic E-state index is 0.425. The molecule has 4 heteroatoms. The molecule has 0 spiro atoms. The molecule has 1 aromatic carbocycles. The molecule has 0 bridgehead atoms. The molecule has 0 saturated heterocycles. The molecule has 1 rings (SSSR count). The Morgan fingerprint density at radius 1 is 1.44 bits per heavy atom. The summed E-state index contributed by atoms with van der Waals surface area (Å²) in [6.45, 7) is 1.00. The molecule has 1 N–H and O–H groups in total. The highest BCUT2D eigenvalue weighted by Crippen LogP contribution is 2.22. The van der Waals surface area contributed by atoms with Gasteiger partial charge in [0, 0.05) is 22.1 Å². The molecule has 1 aromatic rings. The first-order valence-electron chi connectivity index (χ1n) is 5.29. The Morgan fingerprint density at radius 3 is 2.62 bits per heavy atom. The molecule has 0 amide bonds. The van der Waals surface area contributed by atoms with Gasteiger partial charge in [0.05, 0.1) is 0 Å². The number of nitrogens with zero attached hydrogens (tertiary/aromatic N) is 1. The SMILES string of the molecule is CNC(Cc1ccc(Br)cc1Cl)CN(C)C. The van der Waals surface area contributed by atoms with Gasteiger partial charge in [-0.1, -0.05) is 33.6 Å². The standard InChI is InChI=1S/C12H18BrClN2/c1-15-11(8-16(2)3)6-9-4-5-10(13)7-12(9)14/h4-5,7,11,15H,6,8H2,1-3H3. The van der Waals surface area contributed by atoms with Crippen molar-refractivity contribution >= 4 is 27.5 Å². The maximum absolute atomic E-state index is 6.20. The fourth-order valence-corrected chi connectivity index (χ4v) is 2.40. The van der Waals surface area contributed by atoms with Crippen LogP contribution in [0.5, 0.6) is 0 Å². The normalized spacial score (nSPS) is 13.1. The number of rotatable bonds is 5. The summed E-state index contributed by atoms with van der Waals surface area (Å²) in [6.07, 6.45) is 0.945. The van der Waals surface area contributed by atoms with Crippen molar-refractivity contribution in [1.29, 1.82) is 0 Å². The van der Waals surface area contributed by atoms with E-state index in [-0.39, 0.29) is 0 Å². The van der Waals surface area contributed by atoms with Crippen LogP contribution in [0.25, 0.3) is 0 Å². The van der Waals surface area contributed by atoms with Crippen LogP contribution in [-0.2, 0) is 6.42 Å². The van der Waals surface area contributed by atoms with Crippen LogP contribution in [0, 0.1) is 0 Å². The second-order valence-corrected chi connectivity index (χ2v) is 5.51. The Bertz CT molecular complexity index is 342. The zero-order valence-electron chi connectivity index (χ0n) is 9.93. The molecule has 0 fully saturated rings. The molecule has 0 aliphatic rings. The predicted octanol–water partition coefficient (Wildman–Crippen LogP) is 2.79. The largest absolute Gasteiger partial charge is 0.315 e. The van der Waals surface area contributed by atoms with Crippen molar-refractivity contribution in [2.75, 3.05) is 27.7 Å². The Labute approximate surface area is 111 Å². The summed E-state index contributed by atoms with van der Waals surface area (Å²) in [5.74, 6) is 0. The fraction of sp³-hybridized carbons (Fsp3) is 0.500. The summed E-state index contributed by atoms with van der Waals surface area (Å²) in [5.41, 5.74) is 1.19. The maximum atomic E-state index is 6.20. The van der Waals surface area contributed by atoms with E-state index in [4.69, 9.17) is 11.6 Å². The van der Waals surface area contributed by atoms with E-state index in [9.17, 15) is 0 Å². The molecule has 0 radical (unpaired) electrons. The van der Waals surface area contributed by atoms with Gasteiger partial charge >= 0.3 is 0 Å². The number of hydrogen-bond donors (Lipinski definition) is 1. The lowest BCUT2D eigenvalue weighted by atomic mass is 10.1. The summed E-state index contributed by atoms with van der Waals surface area (Å²) < 4.78 is 1.02. The second kappa shape index (κ2) is 6.60. The van der Waals surface area contributed by atoms with Crippen molar-refractivity contribution in [3.05, 3.63) is 33.3 Å². The molecule has 0 saturated carbocycles.